The van der Waals surface area contributed by atoms with Gasteiger partial charge in [-0.1, -0.05) is 84.9 Å². The molecule has 0 radical (unpaired) electrons. The normalized spacial score (nSPS) is 13.0. The average molecular weight is 951 g/mol. The van der Waals surface area contributed by atoms with Gasteiger partial charge in [-0.05, 0) is 136 Å². The predicted octanol–water partition coefficient (Wildman–Crippen LogP) is 12.1. The molecule has 0 saturated carbocycles. The Kier molecular flexibility index (Phi) is 19.0. The molecule has 6 aromatic rings. The van der Waals surface area contributed by atoms with Crippen LogP contribution in [0.5, 0.6) is 11.5 Å². The molecule has 0 aliphatic carbocycles. The summed E-state index contributed by atoms with van der Waals surface area (Å²) in [7, 11) is 0. The van der Waals surface area contributed by atoms with Crippen molar-refractivity contribution in [2.45, 2.75) is 79.7 Å². The van der Waals surface area contributed by atoms with Crippen LogP contribution < -0.4 is 20.1 Å². The minimum Gasteiger partial charge on any atom is -0.489 e. The highest BCUT2D eigenvalue weighted by Crippen LogP contribution is 2.28. The molecule has 2 atom stereocenters. The molecular formula is C55H58N4O7S2. The summed E-state index contributed by atoms with van der Waals surface area (Å²) < 4.78 is 22.4. The highest BCUT2D eigenvalue weighted by Gasteiger charge is 2.24. The lowest BCUT2D eigenvalue weighted by atomic mass is 10.1. The highest BCUT2D eigenvalue weighted by atomic mass is 32.1. The number of carbonyl (C=O) groups is 3. The van der Waals surface area contributed by atoms with E-state index in [4.69, 9.17) is 28.9 Å². The Morgan fingerprint density at radius 2 is 0.926 bits per heavy atom. The third-order valence-corrected chi connectivity index (χ3v) is 12.3. The van der Waals surface area contributed by atoms with Gasteiger partial charge in [0.15, 0.2) is 0 Å². The van der Waals surface area contributed by atoms with Crippen molar-refractivity contribution in [3.63, 3.8) is 0 Å². The first-order chi connectivity index (χ1) is 32.9. The number of nitrogens with one attached hydrogen (secondary N) is 2. The van der Waals surface area contributed by atoms with Crippen LogP contribution in [-0.2, 0) is 45.1 Å². The van der Waals surface area contributed by atoms with Crippen molar-refractivity contribution in [3.8, 4) is 11.5 Å². The van der Waals surface area contributed by atoms with Crippen molar-refractivity contribution in [1.82, 2.24) is 20.6 Å². The Labute approximate surface area is 407 Å². The van der Waals surface area contributed by atoms with E-state index in [9.17, 15) is 14.4 Å². The number of amides is 2. The van der Waals surface area contributed by atoms with Crippen LogP contribution in [0, 0.1) is 0 Å². The molecule has 11 nitrogen and oxygen atoms in total. The highest BCUT2D eigenvalue weighted by molar-refractivity contribution is 7.10. The van der Waals surface area contributed by atoms with Crippen molar-refractivity contribution < 1.29 is 33.3 Å². The van der Waals surface area contributed by atoms with Crippen LogP contribution in [0.3, 0.4) is 0 Å². The molecule has 4 aromatic carbocycles. The van der Waals surface area contributed by atoms with E-state index in [1.54, 1.807) is 39.8 Å². The van der Waals surface area contributed by atoms with Crippen LogP contribution in [0.4, 0.5) is 4.79 Å². The number of rotatable bonds is 22. The lowest BCUT2D eigenvalue weighted by Gasteiger charge is -2.21. The average Bonchev–Trinajstić information content (AvgIpc) is 4.01. The molecule has 2 heterocycles. The Balaban J connectivity index is 1.24. The molecule has 2 N–H and O–H groups in total. The molecule has 0 aliphatic heterocycles. The lowest BCUT2D eigenvalue weighted by Crippen LogP contribution is -2.41. The van der Waals surface area contributed by atoms with Crippen molar-refractivity contribution in [2.75, 3.05) is 13.2 Å². The van der Waals surface area contributed by atoms with Gasteiger partial charge in [-0.25, -0.2) is 24.4 Å². The topological polar surface area (TPSA) is 138 Å². The summed E-state index contributed by atoms with van der Waals surface area (Å²) in [6.45, 7) is 12.3. The van der Waals surface area contributed by atoms with Crippen LogP contribution in [0.15, 0.2) is 154 Å². The monoisotopic (exact) mass is 950 g/mol. The number of thiazole rings is 2. The standard InChI is InChI=1S/C55H58N4O7S2/c1-7-63-53(60)39(5)27-37(3)29-45-35-67-51(56-45)49(31-41-19-23-47(24-20-41)65-33-43-15-11-9-12-16-43)58-55(62)59-50(32-42-21-25-48(26-22-42)66-34-44-17-13-10-14-18-44)52-57-46(36-68-52)30-38(4)28-40(6)54(61)64-8-2/h9-30,35-36,49-50H,7-8,31-34H2,1-6H3,(H2,58,59,62)/t49-,50-/m0/s1. The van der Waals surface area contributed by atoms with Gasteiger partial charge in [0.1, 0.15) is 34.7 Å². The number of urea groups is 1. The van der Waals surface area contributed by atoms with Crippen LogP contribution in [0.25, 0.3) is 12.2 Å². The van der Waals surface area contributed by atoms with E-state index in [0.29, 0.717) is 71.8 Å². The second-order valence-corrected chi connectivity index (χ2v) is 17.8. The van der Waals surface area contributed by atoms with Crippen molar-refractivity contribution in [1.29, 1.82) is 0 Å². The van der Waals surface area contributed by atoms with E-state index in [0.717, 1.165) is 44.9 Å². The molecule has 0 fully saturated rings. The fraction of sp³-hybridized carbons (Fsp3) is 0.255. The third-order valence-electron chi connectivity index (χ3n) is 10.3. The van der Waals surface area contributed by atoms with E-state index in [-0.39, 0.29) is 11.9 Å². The molecule has 0 bridgehead atoms. The van der Waals surface area contributed by atoms with Gasteiger partial charge >= 0.3 is 18.0 Å². The third kappa shape index (κ3) is 16.1. The largest absolute Gasteiger partial charge is 0.489 e. The molecule has 13 heteroatoms. The van der Waals surface area contributed by atoms with Gasteiger partial charge in [-0.3, -0.25) is 0 Å². The molecule has 2 aromatic heterocycles. The summed E-state index contributed by atoms with van der Waals surface area (Å²) in [4.78, 5) is 48.8. The SMILES string of the molecule is CCOC(=O)C(C)=CC(C)=Cc1csc([C@H](Cc2ccc(OCc3ccccc3)cc2)NC(=O)N[C@@H](Cc2ccc(OCc3ccccc3)cc2)c2nc(C=C(C)C=C(C)C(=O)OCC)cs2)n1. The maximum atomic E-state index is 14.3. The molecule has 0 aliphatic rings. The molecule has 6 rings (SSSR count). The second-order valence-electron chi connectivity index (χ2n) is 16.1. The maximum Gasteiger partial charge on any atom is 0.333 e. The maximum absolute atomic E-state index is 14.3. The second kappa shape index (κ2) is 25.7. The number of hydrogen-bond donors (Lipinski definition) is 2. The number of esters is 2. The van der Waals surface area contributed by atoms with E-state index in [1.165, 1.54) is 22.7 Å². The zero-order valence-electron chi connectivity index (χ0n) is 39.3. The molecular weight excluding hydrogens is 893 g/mol. The first kappa shape index (κ1) is 50.3. The molecule has 0 unspecified atom stereocenters. The van der Waals surface area contributed by atoms with Gasteiger partial charge in [0.2, 0.25) is 0 Å². The fourth-order valence-corrected chi connectivity index (χ4v) is 8.70. The molecule has 2 amide bonds. The zero-order chi connectivity index (χ0) is 48.3. The minimum atomic E-state index is -0.510. The van der Waals surface area contributed by atoms with Gasteiger partial charge in [0.05, 0.1) is 36.7 Å². The molecule has 68 heavy (non-hydrogen) atoms. The van der Waals surface area contributed by atoms with E-state index in [1.807, 2.05) is 146 Å². The smallest absolute Gasteiger partial charge is 0.333 e. The summed E-state index contributed by atoms with van der Waals surface area (Å²) in [5.41, 5.74) is 8.14. The van der Waals surface area contributed by atoms with E-state index in [2.05, 4.69) is 10.6 Å². The van der Waals surface area contributed by atoms with Crippen molar-refractivity contribution in [3.05, 3.63) is 198 Å². The summed E-state index contributed by atoms with van der Waals surface area (Å²) in [5, 5.41) is 11.8. The number of carbonyl (C=O) groups excluding carboxylic acids is 3. The van der Waals surface area contributed by atoms with Crippen LogP contribution in [-0.4, -0.2) is 41.2 Å². The fourth-order valence-electron chi connectivity index (χ4n) is 7.05. The lowest BCUT2D eigenvalue weighted by molar-refractivity contribution is -0.139. The van der Waals surface area contributed by atoms with Crippen LogP contribution in [0.1, 0.15) is 97.3 Å². The van der Waals surface area contributed by atoms with Gasteiger partial charge in [-0.2, -0.15) is 0 Å². The van der Waals surface area contributed by atoms with Gasteiger partial charge in [0, 0.05) is 21.9 Å². The first-order valence-corrected chi connectivity index (χ1v) is 24.3. The number of allylic oxidation sites excluding steroid dienone is 4. The van der Waals surface area contributed by atoms with E-state index >= 15 is 0 Å². The summed E-state index contributed by atoms with van der Waals surface area (Å²) >= 11 is 2.89. The summed E-state index contributed by atoms with van der Waals surface area (Å²) in [6.07, 6.45) is 8.24. The Morgan fingerprint density at radius 3 is 1.29 bits per heavy atom. The Hall–Kier alpha value is -7.09. The van der Waals surface area contributed by atoms with Gasteiger partial charge in [-0.15, -0.1) is 22.7 Å². The van der Waals surface area contributed by atoms with Crippen molar-refractivity contribution in [2.24, 2.45) is 0 Å². The minimum absolute atomic E-state index is 0.297. The number of nitrogens with zero attached hydrogens (tertiary/aromatic N) is 2. The Bertz CT molecular complexity index is 2520. The van der Waals surface area contributed by atoms with Crippen molar-refractivity contribution >= 4 is 52.8 Å². The number of aromatic nitrogens is 2. The summed E-state index contributed by atoms with van der Waals surface area (Å²) in [6, 6.07) is 34.3. The first-order valence-electron chi connectivity index (χ1n) is 22.5. The van der Waals surface area contributed by atoms with Gasteiger partial charge in [0.25, 0.3) is 0 Å². The number of ether oxygens (including phenoxy) is 4. The van der Waals surface area contributed by atoms with Crippen LogP contribution >= 0.6 is 22.7 Å². The predicted molar refractivity (Wildman–Crippen MR) is 271 cm³/mol. The quantitative estimate of drug-likeness (QED) is 0.0387. The molecule has 0 saturated heterocycles. The van der Waals surface area contributed by atoms with Crippen LogP contribution in [0.2, 0.25) is 0 Å². The zero-order valence-corrected chi connectivity index (χ0v) is 41.0. The Morgan fingerprint density at radius 1 is 0.544 bits per heavy atom. The van der Waals surface area contributed by atoms with E-state index < -0.39 is 18.1 Å². The number of hydrogen-bond acceptors (Lipinski definition) is 11. The molecule has 352 valence electrons. The van der Waals surface area contributed by atoms with Gasteiger partial charge < -0.3 is 29.6 Å². The number of benzene rings is 4. The molecule has 0 spiro atoms. The summed E-state index contributed by atoms with van der Waals surface area (Å²) in [5.74, 6) is 0.737.